The summed E-state index contributed by atoms with van der Waals surface area (Å²) in [6.07, 6.45) is -23.8. The van der Waals surface area contributed by atoms with Gasteiger partial charge in [0.2, 0.25) is 5.91 Å². The van der Waals surface area contributed by atoms with Crippen LogP contribution in [0.4, 0.5) is 0 Å². The summed E-state index contributed by atoms with van der Waals surface area (Å²) in [4.78, 5) is 25.2. The molecule has 5 rings (SSSR count). The van der Waals surface area contributed by atoms with Gasteiger partial charge >= 0.3 is 5.97 Å². The van der Waals surface area contributed by atoms with Crippen LogP contribution in [0.1, 0.15) is 46.5 Å². The van der Waals surface area contributed by atoms with Crippen molar-refractivity contribution in [2.45, 2.75) is 156 Å². The number of aliphatic hydroxyl groups excluding tert-OH is 9. The molecule has 20 heteroatoms. The van der Waals surface area contributed by atoms with E-state index in [0.717, 1.165) is 6.92 Å². The summed E-state index contributed by atoms with van der Waals surface area (Å²) in [5, 5.41) is 108. The highest BCUT2D eigenvalue weighted by atomic mass is 16.8. The lowest BCUT2D eigenvalue weighted by Gasteiger charge is -2.51. The predicted molar refractivity (Wildman–Crippen MR) is 185 cm³/mol. The van der Waals surface area contributed by atoms with Gasteiger partial charge < -0.3 is 89.5 Å². The number of nitrogens with one attached hydrogen (secondary N) is 1. The van der Waals surface area contributed by atoms with E-state index < -0.39 is 141 Å². The fourth-order valence-electron chi connectivity index (χ4n) is 7.69. The molecule has 4 fully saturated rings. The van der Waals surface area contributed by atoms with Gasteiger partial charge in [-0.15, -0.1) is 0 Å². The molecule has 1 aromatic rings. The van der Waals surface area contributed by atoms with Crippen LogP contribution in [0, 0.1) is 5.92 Å². The van der Waals surface area contributed by atoms with Crippen LogP contribution in [0.3, 0.4) is 0 Å². The monoisotopic (exact) mass is 805 g/mol. The maximum absolute atomic E-state index is 13.2. The van der Waals surface area contributed by atoms with Gasteiger partial charge in [0.1, 0.15) is 60.7 Å². The molecule has 1 amide bonds. The molecule has 0 radical (unpaired) electrons. The zero-order chi connectivity index (χ0) is 41.1. The van der Waals surface area contributed by atoms with Crippen molar-refractivity contribution in [1.29, 1.82) is 0 Å². The molecule has 17 unspecified atom stereocenters. The van der Waals surface area contributed by atoms with Crippen LogP contribution in [-0.4, -0.2) is 186 Å². The minimum atomic E-state index is -2.93. The number of carbonyl (C=O) groups is 2. The average Bonchev–Trinajstić information content (AvgIpc) is 3.16. The SMILES string of the molecule is CC(=O)NC1C(O)CC(OC2C(O)C(CO)OC(OC3CCCC(C)C3OC3OC(C)C(O)C(O)C3O)C2Oc2ccccc2)(C(=O)O)OC1[C@H](O)[C@H](O)CO. The van der Waals surface area contributed by atoms with Gasteiger partial charge in [0.05, 0.1) is 43.7 Å². The molecule has 318 valence electrons. The van der Waals surface area contributed by atoms with Crippen molar-refractivity contribution >= 4 is 11.9 Å². The molecule has 4 aliphatic rings. The Labute approximate surface area is 322 Å². The lowest BCUT2D eigenvalue weighted by Crippen LogP contribution is -2.71. The van der Waals surface area contributed by atoms with Gasteiger partial charge in [-0.1, -0.05) is 31.5 Å². The third-order valence-electron chi connectivity index (χ3n) is 10.8. The molecule has 0 spiro atoms. The highest BCUT2D eigenvalue weighted by Gasteiger charge is 2.60. The minimum Gasteiger partial charge on any atom is -0.482 e. The number of carboxylic acid groups (broad SMARTS) is 1. The van der Waals surface area contributed by atoms with E-state index >= 15 is 0 Å². The summed E-state index contributed by atoms with van der Waals surface area (Å²) in [5.41, 5.74) is 0. The van der Waals surface area contributed by atoms with Crippen LogP contribution >= 0.6 is 0 Å². The molecule has 56 heavy (non-hydrogen) atoms. The molecular weight excluding hydrogens is 750 g/mol. The molecule has 1 saturated carbocycles. The Morgan fingerprint density at radius 1 is 0.893 bits per heavy atom. The van der Waals surface area contributed by atoms with Crippen molar-refractivity contribution in [3.8, 4) is 5.75 Å². The quantitative estimate of drug-likeness (QED) is 0.0868. The third kappa shape index (κ3) is 9.62. The number of carboxylic acids is 1. The Bertz CT molecular complexity index is 1430. The topological polar surface area (TPSA) is 313 Å². The zero-order valence-electron chi connectivity index (χ0n) is 31.2. The van der Waals surface area contributed by atoms with Crippen LogP contribution in [0.25, 0.3) is 0 Å². The Morgan fingerprint density at radius 2 is 1.59 bits per heavy atom. The zero-order valence-corrected chi connectivity index (χ0v) is 31.2. The van der Waals surface area contributed by atoms with E-state index in [1.54, 1.807) is 30.3 Å². The van der Waals surface area contributed by atoms with Crippen molar-refractivity contribution < 1.29 is 93.8 Å². The van der Waals surface area contributed by atoms with Crippen molar-refractivity contribution in [2.75, 3.05) is 13.2 Å². The maximum atomic E-state index is 13.2. The molecule has 19 atom stereocenters. The summed E-state index contributed by atoms with van der Waals surface area (Å²) in [6.45, 7) is 2.62. The van der Waals surface area contributed by atoms with E-state index in [0.29, 0.717) is 19.3 Å². The number of para-hydroxylation sites is 1. The van der Waals surface area contributed by atoms with E-state index in [1.165, 1.54) is 6.92 Å². The van der Waals surface area contributed by atoms with E-state index in [2.05, 4.69) is 5.32 Å². The van der Waals surface area contributed by atoms with Crippen LogP contribution in [0.15, 0.2) is 30.3 Å². The van der Waals surface area contributed by atoms with E-state index in [4.69, 9.17) is 33.2 Å². The normalized spacial score (nSPS) is 43.0. The average molecular weight is 806 g/mol. The molecule has 0 aromatic heterocycles. The highest BCUT2D eigenvalue weighted by Crippen LogP contribution is 2.40. The highest BCUT2D eigenvalue weighted by molar-refractivity contribution is 5.76. The molecule has 1 aromatic carbocycles. The second-order valence-corrected chi connectivity index (χ2v) is 14.9. The summed E-state index contributed by atoms with van der Waals surface area (Å²) in [6, 6.07) is 6.55. The number of aliphatic hydroxyl groups is 9. The minimum absolute atomic E-state index is 0.182. The molecule has 3 aliphatic heterocycles. The van der Waals surface area contributed by atoms with Gasteiger partial charge in [-0.2, -0.15) is 0 Å². The molecular formula is C36H55NO19. The Balaban J connectivity index is 1.51. The maximum Gasteiger partial charge on any atom is 0.364 e. The number of ether oxygens (including phenoxy) is 7. The molecule has 20 nitrogen and oxygen atoms in total. The third-order valence-corrected chi connectivity index (χ3v) is 10.8. The van der Waals surface area contributed by atoms with Gasteiger partial charge in [-0.3, -0.25) is 4.79 Å². The fraction of sp³-hybridized carbons (Fsp3) is 0.778. The van der Waals surface area contributed by atoms with Gasteiger partial charge in [-0.25, -0.2) is 4.79 Å². The van der Waals surface area contributed by atoms with Crippen molar-refractivity contribution in [1.82, 2.24) is 5.32 Å². The van der Waals surface area contributed by atoms with E-state index in [1.807, 2.05) is 6.92 Å². The molecule has 3 heterocycles. The van der Waals surface area contributed by atoms with Crippen molar-refractivity contribution in [2.24, 2.45) is 5.92 Å². The first-order valence-corrected chi connectivity index (χ1v) is 18.7. The van der Waals surface area contributed by atoms with Gasteiger partial charge in [0, 0.05) is 13.3 Å². The number of aliphatic carboxylic acids is 1. The lowest BCUT2D eigenvalue weighted by atomic mass is 9.85. The first-order valence-electron chi connectivity index (χ1n) is 18.7. The van der Waals surface area contributed by atoms with Gasteiger partial charge in [0.25, 0.3) is 5.79 Å². The van der Waals surface area contributed by atoms with Crippen molar-refractivity contribution in [3.05, 3.63) is 30.3 Å². The summed E-state index contributed by atoms with van der Waals surface area (Å²) in [7, 11) is 0. The number of hydrogen-bond acceptors (Lipinski definition) is 18. The number of benzene rings is 1. The molecule has 11 N–H and O–H groups in total. The first kappa shape index (κ1) is 44.5. The lowest BCUT2D eigenvalue weighted by molar-refractivity contribution is -0.376. The molecule has 1 aliphatic carbocycles. The van der Waals surface area contributed by atoms with E-state index in [9.17, 15) is 60.7 Å². The van der Waals surface area contributed by atoms with Crippen LogP contribution in [-0.2, 0) is 38.0 Å². The van der Waals surface area contributed by atoms with Crippen LogP contribution in [0.5, 0.6) is 5.75 Å². The second-order valence-electron chi connectivity index (χ2n) is 14.9. The van der Waals surface area contributed by atoms with Crippen molar-refractivity contribution in [3.63, 3.8) is 0 Å². The standard InChI is InChI=1S/C36H55NO19/c1-15-8-7-11-21(29(15)54-33-28(47)27(46)24(43)16(2)50-33)52-34-32(51-18-9-5-4-6-10-18)31(26(45)22(14-39)53-34)56-36(35(48)49)12-19(41)23(37-17(3)40)30(55-36)25(44)20(42)13-38/h4-6,9-10,15-16,19-34,38-39,41-47H,7-8,11-14H2,1-3H3,(H,37,40)(H,48,49)/t15?,16?,19?,20-,21?,22?,23?,24?,25-,26?,27?,28?,29?,30?,31?,32?,33?,34?,36?/m1/s1. The predicted octanol–water partition coefficient (Wildman–Crippen LogP) is -3.54. The van der Waals surface area contributed by atoms with Crippen LogP contribution < -0.4 is 10.1 Å². The van der Waals surface area contributed by atoms with Gasteiger partial charge in [0.15, 0.2) is 18.7 Å². The van der Waals surface area contributed by atoms with Gasteiger partial charge in [-0.05, 0) is 37.8 Å². The summed E-state index contributed by atoms with van der Waals surface area (Å²) in [5.74, 6) is -5.53. The Hall–Kier alpha value is -2.64. The smallest absolute Gasteiger partial charge is 0.364 e. The van der Waals surface area contributed by atoms with E-state index in [-0.39, 0.29) is 11.7 Å². The molecule has 3 saturated heterocycles. The Kier molecular flexibility index (Phi) is 15.1. The molecule has 0 bridgehead atoms. The number of hydrogen-bond donors (Lipinski definition) is 11. The number of amides is 1. The largest absolute Gasteiger partial charge is 0.482 e. The second kappa shape index (κ2) is 19.0. The fourth-order valence-corrected chi connectivity index (χ4v) is 7.69. The number of carbonyl (C=O) groups excluding carboxylic acids is 1. The number of rotatable bonds is 14. The summed E-state index contributed by atoms with van der Waals surface area (Å²) >= 11 is 0. The van der Waals surface area contributed by atoms with Crippen LogP contribution in [0.2, 0.25) is 0 Å². The summed E-state index contributed by atoms with van der Waals surface area (Å²) < 4.78 is 42.7. The Morgan fingerprint density at radius 3 is 2.21 bits per heavy atom. The first-order chi connectivity index (χ1) is 26.5.